The summed E-state index contributed by atoms with van der Waals surface area (Å²) in [5.74, 6) is 0. The Labute approximate surface area is 132 Å². The van der Waals surface area contributed by atoms with Gasteiger partial charge in [0.15, 0.2) is 0 Å². The fourth-order valence-corrected chi connectivity index (χ4v) is 5.88. The van der Waals surface area contributed by atoms with Crippen LogP contribution in [0.4, 0.5) is 0 Å². The first-order valence-corrected chi connectivity index (χ1v) is 9.19. The van der Waals surface area contributed by atoms with E-state index in [9.17, 15) is 0 Å². The first kappa shape index (κ1) is 12.2. The third kappa shape index (κ3) is 1.73. The lowest BCUT2D eigenvalue weighted by atomic mass is 10.1. The third-order valence-corrected chi connectivity index (χ3v) is 6.89. The lowest BCUT2D eigenvalue weighted by Crippen LogP contribution is -2.20. The molecule has 0 saturated heterocycles. The van der Waals surface area contributed by atoms with E-state index in [2.05, 4.69) is 45.7 Å². The van der Waals surface area contributed by atoms with Crippen LogP contribution < -0.4 is 5.32 Å². The minimum absolute atomic E-state index is 0.316. The molecule has 0 fully saturated rings. The summed E-state index contributed by atoms with van der Waals surface area (Å²) >= 11 is 3.85. The van der Waals surface area contributed by atoms with Crippen LogP contribution >= 0.6 is 22.7 Å². The molecule has 4 heteroatoms. The Hall–Kier alpha value is -1.36. The Morgan fingerprint density at radius 2 is 2.14 bits per heavy atom. The molecule has 106 valence electrons. The zero-order chi connectivity index (χ0) is 13.8. The van der Waals surface area contributed by atoms with E-state index in [1.165, 1.54) is 34.8 Å². The van der Waals surface area contributed by atoms with Gasteiger partial charge in [0.2, 0.25) is 0 Å². The van der Waals surface area contributed by atoms with Gasteiger partial charge in [-0.15, -0.1) is 22.7 Å². The monoisotopic (exact) mass is 312 g/mol. The summed E-state index contributed by atoms with van der Waals surface area (Å²) in [6.45, 7) is 0.991. The molecular formula is C17H16N2S2. The summed E-state index contributed by atoms with van der Waals surface area (Å²) in [6, 6.07) is 9.14. The molecule has 0 amide bonds. The van der Waals surface area contributed by atoms with Gasteiger partial charge in [0.25, 0.3) is 0 Å². The zero-order valence-electron chi connectivity index (χ0n) is 11.6. The summed E-state index contributed by atoms with van der Waals surface area (Å²) in [4.78, 5) is 3.03. The number of nitrogens with one attached hydrogen (secondary N) is 1. The van der Waals surface area contributed by atoms with Crippen molar-refractivity contribution in [2.45, 2.75) is 31.8 Å². The third-order valence-electron chi connectivity index (χ3n) is 4.62. The molecule has 0 unspecified atom stereocenters. The average molecular weight is 312 g/mol. The Bertz CT molecular complexity index is 795. The van der Waals surface area contributed by atoms with Crippen molar-refractivity contribution in [2.75, 3.05) is 0 Å². The van der Waals surface area contributed by atoms with Crippen LogP contribution in [0.15, 0.2) is 35.8 Å². The molecule has 1 aliphatic heterocycles. The van der Waals surface area contributed by atoms with Crippen molar-refractivity contribution in [1.29, 1.82) is 0 Å². The van der Waals surface area contributed by atoms with Gasteiger partial charge in [-0.1, -0.05) is 6.07 Å². The molecule has 1 atom stereocenters. The van der Waals surface area contributed by atoms with Gasteiger partial charge in [0.1, 0.15) is 5.00 Å². The molecule has 1 N–H and O–H groups in total. The normalized spacial score (nSPS) is 19.9. The minimum Gasteiger partial charge on any atom is -0.310 e. The molecule has 1 aliphatic carbocycles. The van der Waals surface area contributed by atoms with Gasteiger partial charge < -0.3 is 9.88 Å². The predicted molar refractivity (Wildman–Crippen MR) is 88.7 cm³/mol. The lowest BCUT2D eigenvalue weighted by Gasteiger charge is -2.16. The molecule has 21 heavy (non-hydrogen) atoms. The highest BCUT2D eigenvalue weighted by molar-refractivity contribution is 7.15. The topological polar surface area (TPSA) is 17.0 Å². The molecule has 3 aromatic rings. The highest BCUT2D eigenvalue weighted by Crippen LogP contribution is 2.41. The number of aryl methyl sites for hydroxylation is 1. The van der Waals surface area contributed by atoms with E-state index in [1.807, 2.05) is 22.7 Å². The maximum absolute atomic E-state index is 3.79. The molecule has 0 bridgehead atoms. The van der Waals surface area contributed by atoms with Crippen molar-refractivity contribution in [2.24, 2.45) is 0 Å². The van der Waals surface area contributed by atoms with E-state index < -0.39 is 0 Å². The highest BCUT2D eigenvalue weighted by atomic mass is 32.1. The Morgan fingerprint density at radius 1 is 1.14 bits per heavy atom. The smallest absolute Gasteiger partial charge is 0.104 e. The maximum Gasteiger partial charge on any atom is 0.104 e. The Kier molecular flexibility index (Phi) is 2.66. The van der Waals surface area contributed by atoms with Crippen molar-refractivity contribution < 1.29 is 0 Å². The van der Waals surface area contributed by atoms with Crippen LogP contribution in [-0.4, -0.2) is 4.57 Å². The number of hydrogen-bond donors (Lipinski definition) is 1. The van der Waals surface area contributed by atoms with Crippen molar-refractivity contribution in [1.82, 2.24) is 9.88 Å². The molecule has 0 radical (unpaired) electrons. The molecule has 0 saturated carbocycles. The quantitative estimate of drug-likeness (QED) is 0.709. The van der Waals surface area contributed by atoms with Crippen LogP contribution in [-0.2, 0) is 19.4 Å². The summed E-state index contributed by atoms with van der Waals surface area (Å²) in [6.07, 6.45) is 6.11. The second-order valence-electron chi connectivity index (χ2n) is 5.77. The van der Waals surface area contributed by atoms with Gasteiger partial charge in [-0.3, -0.25) is 0 Å². The van der Waals surface area contributed by atoms with Gasteiger partial charge in [-0.25, -0.2) is 0 Å². The molecule has 3 aromatic heterocycles. The Morgan fingerprint density at radius 3 is 3.05 bits per heavy atom. The number of hydrogen-bond acceptors (Lipinski definition) is 3. The van der Waals surface area contributed by atoms with Gasteiger partial charge in [-0.2, -0.15) is 0 Å². The number of aromatic nitrogens is 1. The number of thiophene rings is 2. The van der Waals surface area contributed by atoms with Crippen LogP contribution in [0.25, 0.3) is 5.00 Å². The van der Waals surface area contributed by atoms with Crippen molar-refractivity contribution in [3.63, 3.8) is 0 Å². The van der Waals surface area contributed by atoms with Crippen LogP contribution in [0, 0.1) is 0 Å². The SMILES string of the molecule is c1csc([C@H]2NCc3c(sc4c3CCC4)-n3cccc32)c1. The first-order chi connectivity index (χ1) is 10.4. The van der Waals surface area contributed by atoms with E-state index in [-0.39, 0.29) is 0 Å². The maximum atomic E-state index is 3.79. The Balaban J connectivity index is 1.70. The summed E-state index contributed by atoms with van der Waals surface area (Å²) in [5.41, 5.74) is 4.55. The van der Waals surface area contributed by atoms with Crippen LogP contribution in [0.2, 0.25) is 0 Å². The molecule has 0 aromatic carbocycles. The van der Waals surface area contributed by atoms with Crippen LogP contribution in [0.1, 0.15) is 39.0 Å². The van der Waals surface area contributed by atoms with Crippen LogP contribution in [0.5, 0.6) is 0 Å². The number of nitrogens with zero attached hydrogens (tertiary/aromatic N) is 1. The van der Waals surface area contributed by atoms with E-state index in [0.29, 0.717) is 6.04 Å². The second kappa shape index (κ2) is 4.57. The largest absolute Gasteiger partial charge is 0.310 e. The van der Waals surface area contributed by atoms with Gasteiger partial charge in [0, 0.05) is 33.8 Å². The van der Waals surface area contributed by atoms with Gasteiger partial charge >= 0.3 is 0 Å². The second-order valence-corrected chi connectivity index (χ2v) is 7.84. The fourth-order valence-electron chi connectivity index (χ4n) is 3.66. The van der Waals surface area contributed by atoms with Crippen molar-refractivity contribution in [3.8, 4) is 5.00 Å². The summed E-state index contributed by atoms with van der Waals surface area (Å²) in [7, 11) is 0. The highest BCUT2D eigenvalue weighted by Gasteiger charge is 2.29. The minimum atomic E-state index is 0.316. The first-order valence-electron chi connectivity index (χ1n) is 7.49. The standard InChI is InChI=1S/C17H16N2S2/c1-4-11-12-10-18-16(15-7-3-9-20-15)13-5-2-8-19(13)17(12)21-14(11)6-1/h2-3,5,7-9,16,18H,1,4,6,10H2/t16-/m0/s1. The van der Waals surface area contributed by atoms with Crippen LogP contribution in [0.3, 0.4) is 0 Å². The number of rotatable bonds is 1. The van der Waals surface area contributed by atoms with Gasteiger partial charge in [-0.05, 0) is 48.4 Å². The molecule has 5 rings (SSSR count). The number of fused-ring (bicyclic) bond motifs is 5. The molecule has 4 heterocycles. The van der Waals surface area contributed by atoms with Gasteiger partial charge in [0.05, 0.1) is 6.04 Å². The van der Waals surface area contributed by atoms with E-state index in [1.54, 1.807) is 16.0 Å². The van der Waals surface area contributed by atoms with Crippen molar-refractivity contribution >= 4 is 22.7 Å². The molecule has 2 aliphatic rings. The van der Waals surface area contributed by atoms with E-state index in [0.717, 1.165) is 6.54 Å². The van der Waals surface area contributed by atoms with Crippen molar-refractivity contribution in [3.05, 3.63) is 62.4 Å². The fraction of sp³-hybridized carbons (Fsp3) is 0.294. The molecule has 2 nitrogen and oxygen atoms in total. The average Bonchev–Trinajstić information content (AvgIpc) is 3.22. The van der Waals surface area contributed by atoms with E-state index >= 15 is 0 Å². The lowest BCUT2D eigenvalue weighted by molar-refractivity contribution is 0.607. The van der Waals surface area contributed by atoms with E-state index in [4.69, 9.17) is 0 Å². The summed E-state index contributed by atoms with van der Waals surface area (Å²) in [5, 5.41) is 7.41. The summed E-state index contributed by atoms with van der Waals surface area (Å²) < 4.78 is 2.42. The molecular weight excluding hydrogens is 296 g/mol. The zero-order valence-corrected chi connectivity index (χ0v) is 13.3. The molecule has 0 spiro atoms. The predicted octanol–water partition coefficient (Wildman–Crippen LogP) is 4.28.